The molecule has 4 aliphatic rings. The average molecular weight is 392 g/mol. The highest BCUT2D eigenvalue weighted by Gasteiger charge is 2.61. The lowest BCUT2D eigenvalue weighted by Crippen LogP contribution is -2.54. The molecule has 28 heavy (non-hydrogen) atoms. The third kappa shape index (κ3) is 3.31. The van der Waals surface area contributed by atoms with Gasteiger partial charge in [-0.15, -0.1) is 0 Å². The van der Waals surface area contributed by atoms with Crippen molar-refractivity contribution in [2.75, 3.05) is 40.0 Å². The molecular weight excluding hydrogens is 360 g/mol. The van der Waals surface area contributed by atoms with E-state index in [9.17, 15) is 14.4 Å². The number of hydrogen-bond donors (Lipinski definition) is 0. The summed E-state index contributed by atoms with van der Waals surface area (Å²) >= 11 is 0. The monoisotopic (exact) mass is 392 g/mol. The van der Waals surface area contributed by atoms with E-state index in [1.165, 1.54) is 0 Å². The second-order valence-electron chi connectivity index (χ2n) is 9.01. The number of esters is 1. The number of nitrogens with zero attached hydrogens (tertiary/aromatic N) is 2. The molecule has 4 rings (SSSR count). The molecule has 1 unspecified atom stereocenters. The molecule has 2 saturated carbocycles. The number of carbonyl (C=O) groups excluding carboxylic acids is 3. The smallest absolute Gasteiger partial charge is 0.321 e. The van der Waals surface area contributed by atoms with Crippen molar-refractivity contribution in [1.82, 2.24) is 9.80 Å². The van der Waals surface area contributed by atoms with Crippen LogP contribution in [0.4, 0.5) is 0 Å². The highest BCUT2D eigenvalue weighted by Crippen LogP contribution is 2.60. The van der Waals surface area contributed by atoms with Gasteiger partial charge in [-0.3, -0.25) is 14.4 Å². The molecule has 0 aromatic heterocycles. The van der Waals surface area contributed by atoms with Crippen molar-refractivity contribution >= 4 is 17.8 Å². The minimum absolute atomic E-state index is 0.0732. The van der Waals surface area contributed by atoms with Crippen LogP contribution in [0, 0.1) is 16.7 Å². The molecule has 1 spiro atoms. The van der Waals surface area contributed by atoms with Crippen LogP contribution < -0.4 is 0 Å². The lowest BCUT2D eigenvalue weighted by molar-refractivity contribution is -0.172. The number of piperidine rings is 1. The van der Waals surface area contributed by atoms with E-state index >= 15 is 0 Å². The van der Waals surface area contributed by atoms with Gasteiger partial charge in [0.25, 0.3) is 0 Å². The fourth-order valence-electron chi connectivity index (χ4n) is 5.09. The van der Waals surface area contributed by atoms with Crippen LogP contribution in [-0.4, -0.2) is 73.6 Å². The zero-order valence-corrected chi connectivity index (χ0v) is 17.1. The molecule has 7 nitrogen and oxygen atoms in total. The maximum atomic E-state index is 13.3. The van der Waals surface area contributed by atoms with E-state index in [4.69, 9.17) is 9.47 Å². The largest absolute Gasteiger partial charge is 0.465 e. The minimum Gasteiger partial charge on any atom is -0.465 e. The highest BCUT2D eigenvalue weighted by molar-refractivity contribution is 6.03. The topological polar surface area (TPSA) is 76.2 Å². The lowest BCUT2D eigenvalue weighted by Gasteiger charge is -2.40. The normalized spacial score (nSPS) is 27.9. The number of rotatable bonds is 5. The molecule has 2 amide bonds. The van der Waals surface area contributed by atoms with Gasteiger partial charge in [-0.25, -0.2) is 0 Å². The molecule has 2 heterocycles. The minimum atomic E-state index is -1.09. The molecular formula is C21H32N2O5. The Morgan fingerprint density at radius 2 is 1.75 bits per heavy atom. The van der Waals surface area contributed by atoms with Gasteiger partial charge in [0.05, 0.1) is 6.61 Å². The Balaban J connectivity index is 1.38. The number of carbonyl (C=O) groups is 3. The van der Waals surface area contributed by atoms with Crippen LogP contribution in [0.25, 0.3) is 0 Å². The molecule has 7 heteroatoms. The number of ether oxygens (including phenoxy) is 2. The lowest BCUT2D eigenvalue weighted by atomic mass is 9.77. The van der Waals surface area contributed by atoms with Crippen LogP contribution in [0.1, 0.15) is 51.9 Å². The summed E-state index contributed by atoms with van der Waals surface area (Å²) in [4.78, 5) is 42.5. The zero-order chi connectivity index (χ0) is 19.9. The SMILES string of the molecule is CCOC(=O)C1(C(=O)N2CCC3(CC2)CC3C(=O)N(C)C2CC2)CCOCC1. The Labute approximate surface area is 166 Å². The van der Waals surface area contributed by atoms with Gasteiger partial charge >= 0.3 is 5.97 Å². The van der Waals surface area contributed by atoms with E-state index in [0.717, 1.165) is 32.1 Å². The first-order valence-corrected chi connectivity index (χ1v) is 10.7. The molecule has 2 aliphatic carbocycles. The molecule has 2 saturated heterocycles. The van der Waals surface area contributed by atoms with E-state index in [-0.39, 0.29) is 29.8 Å². The molecule has 1 atom stereocenters. The molecule has 156 valence electrons. The first-order valence-electron chi connectivity index (χ1n) is 10.7. The van der Waals surface area contributed by atoms with E-state index in [1.54, 1.807) is 6.92 Å². The maximum Gasteiger partial charge on any atom is 0.321 e. The van der Waals surface area contributed by atoms with Crippen LogP contribution in [-0.2, 0) is 23.9 Å². The van der Waals surface area contributed by atoms with E-state index in [1.807, 2.05) is 16.8 Å². The van der Waals surface area contributed by atoms with Crippen LogP contribution in [0.5, 0.6) is 0 Å². The number of amides is 2. The molecule has 2 aliphatic heterocycles. The Hall–Kier alpha value is -1.63. The van der Waals surface area contributed by atoms with Crippen LogP contribution >= 0.6 is 0 Å². The molecule has 0 aromatic rings. The Morgan fingerprint density at radius 3 is 2.32 bits per heavy atom. The van der Waals surface area contributed by atoms with Crippen molar-refractivity contribution in [2.45, 2.75) is 57.9 Å². The van der Waals surface area contributed by atoms with Gasteiger partial charge in [-0.2, -0.15) is 0 Å². The summed E-state index contributed by atoms with van der Waals surface area (Å²) in [5.74, 6) is -0.107. The zero-order valence-electron chi connectivity index (χ0n) is 17.1. The maximum absolute atomic E-state index is 13.3. The van der Waals surface area contributed by atoms with Crippen molar-refractivity contribution < 1.29 is 23.9 Å². The van der Waals surface area contributed by atoms with Crippen molar-refractivity contribution in [3.8, 4) is 0 Å². The summed E-state index contributed by atoms with van der Waals surface area (Å²) in [7, 11) is 1.93. The molecule has 4 fully saturated rings. The second-order valence-corrected chi connectivity index (χ2v) is 9.01. The standard InChI is InChI=1S/C21H32N2O5/c1-3-28-19(26)21(8-12-27-13-9-21)18(25)23-10-6-20(7-11-23)14-16(20)17(24)22(2)15-4-5-15/h15-16H,3-14H2,1-2H3. The van der Waals surface area contributed by atoms with Crippen molar-refractivity contribution in [3.63, 3.8) is 0 Å². The van der Waals surface area contributed by atoms with Crippen LogP contribution in [0.2, 0.25) is 0 Å². The van der Waals surface area contributed by atoms with Crippen molar-refractivity contribution in [3.05, 3.63) is 0 Å². The molecule has 0 aromatic carbocycles. The number of hydrogen-bond acceptors (Lipinski definition) is 5. The Bertz CT molecular complexity index is 645. The summed E-state index contributed by atoms with van der Waals surface area (Å²) < 4.78 is 10.7. The van der Waals surface area contributed by atoms with Crippen LogP contribution in [0.3, 0.4) is 0 Å². The summed E-state index contributed by atoms with van der Waals surface area (Å²) in [5.41, 5.74) is -1.02. The Kier molecular flexibility index (Phi) is 5.14. The van der Waals surface area contributed by atoms with Gasteiger partial charge in [0, 0.05) is 45.3 Å². The predicted molar refractivity (Wildman–Crippen MR) is 101 cm³/mol. The second kappa shape index (κ2) is 7.32. The highest BCUT2D eigenvalue weighted by atomic mass is 16.5. The fraction of sp³-hybridized carbons (Fsp3) is 0.857. The van der Waals surface area contributed by atoms with E-state index < -0.39 is 11.4 Å². The Morgan fingerprint density at radius 1 is 1.11 bits per heavy atom. The summed E-state index contributed by atoms with van der Waals surface area (Å²) in [5, 5.41) is 0. The molecule has 0 radical (unpaired) electrons. The van der Waals surface area contributed by atoms with Gasteiger partial charge in [0.2, 0.25) is 11.8 Å². The van der Waals surface area contributed by atoms with Crippen molar-refractivity contribution in [2.24, 2.45) is 16.7 Å². The molecule has 0 N–H and O–H groups in total. The molecule has 0 bridgehead atoms. The average Bonchev–Trinajstić information content (AvgIpc) is 3.64. The summed E-state index contributed by atoms with van der Waals surface area (Å²) in [6, 6.07) is 0.449. The van der Waals surface area contributed by atoms with Gasteiger partial charge in [-0.05, 0) is 57.3 Å². The van der Waals surface area contributed by atoms with Crippen molar-refractivity contribution in [1.29, 1.82) is 0 Å². The fourth-order valence-corrected chi connectivity index (χ4v) is 5.09. The van der Waals surface area contributed by atoms with E-state index in [0.29, 0.717) is 45.2 Å². The third-order valence-electron chi connectivity index (χ3n) is 7.40. The van der Waals surface area contributed by atoms with Crippen LogP contribution in [0.15, 0.2) is 0 Å². The number of likely N-dealkylation sites (tertiary alicyclic amines) is 1. The summed E-state index contributed by atoms with van der Waals surface area (Å²) in [6.07, 6.45) is 5.68. The van der Waals surface area contributed by atoms with Gasteiger partial charge < -0.3 is 19.3 Å². The summed E-state index contributed by atoms with van der Waals surface area (Å²) in [6.45, 7) is 4.10. The predicted octanol–water partition coefficient (Wildman–Crippen LogP) is 1.60. The first-order chi connectivity index (χ1) is 13.4. The quantitative estimate of drug-likeness (QED) is 0.525. The van der Waals surface area contributed by atoms with E-state index in [2.05, 4.69) is 0 Å². The third-order valence-corrected chi connectivity index (χ3v) is 7.40. The first kappa shape index (κ1) is 19.7. The van der Waals surface area contributed by atoms with Gasteiger partial charge in [-0.1, -0.05) is 0 Å². The van der Waals surface area contributed by atoms with Gasteiger partial charge in [0.15, 0.2) is 5.41 Å². The van der Waals surface area contributed by atoms with Gasteiger partial charge in [0.1, 0.15) is 0 Å².